The zero-order valence-electron chi connectivity index (χ0n) is 38.1. The first-order chi connectivity index (χ1) is 35.1. The van der Waals surface area contributed by atoms with Crippen LogP contribution in [0.25, 0.3) is 118 Å². The summed E-state index contributed by atoms with van der Waals surface area (Å²) in [5, 5.41) is 21.3. The molecule has 0 spiro atoms. The highest BCUT2D eigenvalue weighted by molar-refractivity contribution is 6.12. The van der Waals surface area contributed by atoms with Gasteiger partial charge in [-0.1, -0.05) is 158 Å². The lowest BCUT2D eigenvalue weighted by atomic mass is 9.99. The van der Waals surface area contributed by atoms with Crippen molar-refractivity contribution in [3.8, 4) is 108 Å². The maximum Gasteiger partial charge on any atom is 0.160 e. The van der Waals surface area contributed by atoms with Crippen LogP contribution in [0, 0.1) is 22.7 Å². The van der Waals surface area contributed by atoms with E-state index in [0.717, 1.165) is 106 Å². The molecule has 0 aliphatic heterocycles. The Labute approximate surface area is 410 Å². The summed E-state index contributed by atoms with van der Waals surface area (Å²) in [6.07, 6.45) is 0. The van der Waals surface area contributed by atoms with Crippen LogP contribution in [-0.4, -0.2) is 24.5 Å². The molecule has 7 heteroatoms. The number of fused-ring (bicyclic) bond motifs is 3. The Bertz CT molecular complexity index is 3790. The quantitative estimate of drug-likeness (QED) is 0.143. The molecule has 71 heavy (non-hydrogen) atoms. The summed E-state index contributed by atoms with van der Waals surface area (Å²) >= 11 is 0. The molecular formula is C64H39N7. The molecular weight excluding hydrogens is 867 g/mol. The second kappa shape index (κ2) is 18.2. The maximum absolute atomic E-state index is 9.59. The van der Waals surface area contributed by atoms with Crippen LogP contribution in [0.15, 0.2) is 237 Å². The van der Waals surface area contributed by atoms with Gasteiger partial charge in [-0.2, -0.15) is 10.5 Å². The molecule has 12 rings (SSSR count). The summed E-state index contributed by atoms with van der Waals surface area (Å²) in [6.45, 7) is 0. The lowest BCUT2D eigenvalue weighted by molar-refractivity contribution is 1.14. The van der Waals surface area contributed by atoms with E-state index in [1.54, 1.807) is 0 Å². The Kier molecular flexibility index (Phi) is 10.8. The van der Waals surface area contributed by atoms with E-state index >= 15 is 0 Å². The molecule has 330 valence electrons. The van der Waals surface area contributed by atoms with Gasteiger partial charge in [0.25, 0.3) is 0 Å². The van der Waals surface area contributed by atoms with Crippen LogP contribution in [0.3, 0.4) is 0 Å². The van der Waals surface area contributed by atoms with E-state index in [9.17, 15) is 10.5 Å². The van der Waals surface area contributed by atoms with Gasteiger partial charge in [0, 0.05) is 44.2 Å². The van der Waals surface area contributed by atoms with Crippen LogP contribution >= 0.6 is 0 Å². The Hall–Kier alpha value is -10.1. The zero-order chi connectivity index (χ0) is 47.7. The lowest BCUT2D eigenvalue weighted by Crippen LogP contribution is -2.02. The molecule has 0 amide bonds. The van der Waals surface area contributed by atoms with Crippen molar-refractivity contribution in [2.75, 3.05) is 0 Å². The molecule has 0 aliphatic rings. The molecule has 0 N–H and O–H groups in total. The minimum Gasteiger partial charge on any atom is -0.309 e. The Morgan fingerprint density at radius 2 is 0.662 bits per heavy atom. The summed E-state index contributed by atoms with van der Waals surface area (Å²) in [5.41, 5.74) is 16.9. The standard InChI is InChI=1S/C64H39N7/c65-40-42-21-25-44(26-22-42)50-29-32-60-53(35-50)54-36-51(45-27-23-43(41-66)24-28-45)30-33-61(54)71(60)62-34-31-52(64-68-56(46-13-5-1-6-14-46)38-57(69-64)47-15-7-2-8-16-47)37-55(62)59-39-58(48-17-9-3-10-18-48)67-63(70-59)49-19-11-4-12-20-49/h1-39H. The zero-order valence-corrected chi connectivity index (χ0v) is 38.1. The topological polar surface area (TPSA) is 104 Å². The average Bonchev–Trinajstić information content (AvgIpc) is 3.78. The normalized spacial score (nSPS) is 11.1. The Morgan fingerprint density at radius 1 is 0.296 bits per heavy atom. The highest BCUT2D eigenvalue weighted by atomic mass is 15.0. The van der Waals surface area contributed by atoms with Gasteiger partial charge in [0.1, 0.15) is 0 Å². The van der Waals surface area contributed by atoms with E-state index in [4.69, 9.17) is 19.9 Å². The van der Waals surface area contributed by atoms with E-state index in [-0.39, 0.29) is 0 Å². The molecule has 7 nitrogen and oxygen atoms in total. The first kappa shape index (κ1) is 42.3. The molecule has 0 radical (unpaired) electrons. The van der Waals surface area contributed by atoms with Crippen molar-refractivity contribution in [2.45, 2.75) is 0 Å². The minimum atomic E-state index is 0.583. The van der Waals surface area contributed by atoms with Crippen molar-refractivity contribution in [1.29, 1.82) is 10.5 Å². The van der Waals surface area contributed by atoms with Crippen molar-refractivity contribution in [3.05, 3.63) is 248 Å². The first-order valence-electron chi connectivity index (χ1n) is 23.3. The minimum absolute atomic E-state index is 0.583. The van der Waals surface area contributed by atoms with Gasteiger partial charge in [-0.05, 0) is 101 Å². The van der Waals surface area contributed by atoms with Gasteiger partial charge in [0.2, 0.25) is 0 Å². The van der Waals surface area contributed by atoms with Crippen molar-refractivity contribution < 1.29 is 0 Å². The lowest BCUT2D eigenvalue weighted by Gasteiger charge is -2.17. The smallest absolute Gasteiger partial charge is 0.160 e. The Morgan fingerprint density at radius 3 is 1.10 bits per heavy atom. The number of rotatable bonds is 9. The van der Waals surface area contributed by atoms with Crippen LogP contribution < -0.4 is 0 Å². The number of hydrogen-bond donors (Lipinski definition) is 0. The summed E-state index contributed by atoms with van der Waals surface area (Å²) in [6, 6.07) is 84.5. The largest absolute Gasteiger partial charge is 0.309 e. The van der Waals surface area contributed by atoms with Crippen molar-refractivity contribution in [2.24, 2.45) is 0 Å². The highest BCUT2D eigenvalue weighted by Gasteiger charge is 2.22. The van der Waals surface area contributed by atoms with E-state index in [1.807, 2.05) is 133 Å². The Balaban J connectivity index is 1.14. The van der Waals surface area contributed by atoms with E-state index in [1.165, 1.54) is 0 Å². The number of nitriles is 2. The van der Waals surface area contributed by atoms with Gasteiger partial charge in [-0.15, -0.1) is 0 Å². The van der Waals surface area contributed by atoms with Crippen LogP contribution in [0.1, 0.15) is 11.1 Å². The summed E-state index contributed by atoms with van der Waals surface area (Å²) in [7, 11) is 0. The SMILES string of the molecule is N#Cc1ccc(-c2ccc3c(c2)c2cc(-c4ccc(C#N)cc4)ccc2n3-c2ccc(-c3nc(-c4ccccc4)cc(-c4ccccc4)n3)cc2-c2cc(-c3ccccc3)nc(-c3ccccc3)n2)cc1. The molecule has 0 saturated heterocycles. The second-order valence-corrected chi connectivity index (χ2v) is 17.3. The van der Waals surface area contributed by atoms with Crippen LogP contribution in [0.5, 0.6) is 0 Å². The number of nitrogens with zero attached hydrogens (tertiary/aromatic N) is 7. The van der Waals surface area contributed by atoms with Crippen molar-refractivity contribution in [1.82, 2.24) is 24.5 Å². The van der Waals surface area contributed by atoms with Crippen molar-refractivity contribution >= 4 is 21.8 Å². The van der Waals surface area contributed by atoms with Gasteiger partial charge in [-0.25, -0.2) is 19.9 Å². The number of hydrogen-bond acceptors (Lipinski definition) is 6. The van der Waals surface area contributed by atoms with Crippen LogP contribution in [0.2, 0.25) is 0 Å². The predicted octanol–water partition coefficient (Wildman–Crippen LogP) is 15.4. The molecule has 0 bridgehead atoms. The van der Waals surface area contributed by atoms with Crippen LogP contribution in [0.4, 0.5) is 0 Å². The maximum atomic E-state index is 9.59. The molecule has 0 atom stereocenters. The molecule has 3 aromatic heterocycles. The van der Waals surface area contributed by atoms with E-state index in [2.05, 4.69) is 120 Å². The second-order valence-electron chi connectivity index (χ2n) is 17.3. The van der Waals surface area contributed by atoms with E-state index in [0.29, 0.717) is 22.8 Å². The van der Waals surface area contributed by atoms with Crippen molar-refractivity contribution in [3.63, 3.8) is 0 Å². The number of aromatic nitrogens is 5. The molecule has 9 aromatic carbocycles. The molecule has 0 fully saturated rings. The summed E-state index contributed by atoms with van der Waals surface area (Å²) in [4.78, 5) is 21.1. The van der Waals surface area contributed by atoms with Crippen LogP contribution in [-0.2, 0) is 0 Å². The molecule has 12 aromatic rings. The highest BCUT2D eigenvalue weighted by Crippen LogP contribution is 2.42. The summed E-state index contributed by atoms with van der Waals surface area (Å²) < 4.78 is 2.33. The average molecular weight is 906 g/mol. The van der Waals surface area contributed by atoms with Gasteiger partial charge in [0.05, 0.1) is 62.8 Å². The van der Waals surface area contributed by atoms with Gasteiger partial charge in [0.15, 0.2) is 11.6 Å². The van der Waals surface area contributed by atoms with Gasteiger partial charge in [-0.3, -0.25) is 0 Å². The fraction of sp³-hybridized carbons (Fsp3) is 0. The fourth-order valence-corrected chi connectivity index (χ4v) is 9.34. The molecule has 0 unspecified atom stereocenters. The summed E-state index contributed by atoms with van der Waals surface area (Å²) in [5.74, 6) is 1.19. The van der Waals surface area contributed by atoms with Gasteiger partial charge < -0.3 is 4.57 Å². The third-order valence-electron chi connectivity index (χ3n) is 12.9. The third kappa shape index (κ3) is 8.16. The predicted molar refractivity (Wildman–Crippen MR) is 285 cm³/mol. The molecule has 0 aliphatic carbocycles. The monoisotopic (exact) mass is 905 g/mol. The third-order valence-corrected chi connectivity index (χ3v) is 12.9. The van der Waals surface area contributed by atoms with E-state index < -0.39 is 0 Å². The first-order valence-corrected chi connectivity index (χ1v) is 23.3. The molecule has 3 heterocycles. The number of benzene rings is 9. The van der Waals surface area contributed by atoms with Gasteiger partial charge >= 0.3 is 0 Å². The fourth-order valence-electron chi connectivity index (χ4n) is 9.34. The molecule has 0 saturated carbocycles.